The molecule has 1 aliphatic heterocycles. The number of ether oxygens (including phenoxy) is 1. The molecule has 1 heterocycles. The van der Waals surface area contributed by atoms with E-state index in [4.69, 9.17) is 4.74 Å². The minimum absolute atomic E-state index is 0.144. The predicted molar refractivity (Wildman–Crippen MR) is 108 cm³/mol. The molecule has 0 spiro atoms. The van der Waals surface area contributed by atoms with Gasteiger partial charge in [0.1, 0.15) is 5.83 Å². The third-order valence-corrected chi connectivity index (χ3v) is 7.66. The first-order valence-corrected chi connectivity index (χ1v) is 11.5. The van der Waals surface area contributed by atoms with E-state index in [1.165, 1.54) is 44.9 Å². The summed E-state index contributed by atoms with van der Waals surface area (Å²) in [6.45, 7) is 4.69. The first-order valence-electron chi connectivity index (χ1n) is 11.5. The molecule has 0 radical (unpaired) electrons. The van der Waals surface area contributed by atoms with E-state index in [2.05, 4.69) is 6.58 Å². The lowest BCUT2D eigenvalue weighted by atomic mass is 9.68. The van der Waals surface area contributed by atoms with E-state index in [-0.39, 0.29) is 6.08 Å². The van der Waals surface area contributed by atoms with Crippen LogP contribution in [-0.4, -0.2) is 18.9 Å². The van der Waals surface area contributed by atoms with Gasteiger partial charge in [-0.1, -0.05) is 6.08 Å². The Morgan fingerprint density at radius 1 is 0.862 bits per heavy atom. The predicted octanol–water partition coefficient (Wildman–Crippen LogP) is 7.78. The van der Waals surface area contributed by atoms with Gasteiger partial charge in [0.25, 0.3) is 0 Å². The van der Waals surface area contributed by atoms with Crippen LogP contribution in [0.4, 0.5) is 17.6 Å². The Bertz CT molecular complexity index is 532. The minimum atomic E-state index is -4.55. The second kappa shape index (κ2) is 10.5. The fourth-order valence-electron chi connectivity index (χ4n) is 5.91. The van der Waals surface area contributed by atoms with Crippen molar-refractivity contribution in [2.24, 2.45) is 29.6 Å². The van der Waals surface area contributed by atoms with Gasteiger partial charge in [-0.2, -0.15) is 13.2 Å². The van der Waals surface area contributed by atoms with Crippen LogP contribution in [0, 0.1) is 29.6 Å². The third kappa shape index (κ3) is 6.83. The highest BCUT2D eigenvalue weighted by molar-refractivity contribution is 5.03. The van der Waals surface area contributed by atoms with Gasteiger partial charge in [-0.05, 0) is 101 Å². The summed E-state index contributed by atoms with van der Waals surface area (Å²) in [5.41, 5.74) is 0. The zero-order chi connectivity index (χ0) is 20.9. The quantitative estimate of drug-likeness (QED) is 0.317. The molecule has 1 nitrogen and oxygen atoms in total. The van der Waals surface area contributed by atoms with E-state index in [1.807, 2.05) is 6.08 Å². The Kier molecular flexibility index (Phi) is 8.23. The topological polar surface area (TPSA) is 9.23 Å². The monoisotopic (exact) mass is 416 g/mol. The van der Waals surface area contributed by atoms with Crippen LogP contribution in [0.25, 0.3) is 0 Å². The van der Waals surface area contributed by atoms with Crippen LogP contribution >= 0.6 is 0 Å². The highest BCUT2D eigenvalue weighted by Gasteiger charge is 2.36. The molecule has 0 aromatic rings. The number of allylic oxidation sites excluding steroid dienone is 3. The van der Waals surface area contributed by atoms with Crippen molar-refractivity contribution in [2.45, 2.75) is 89.3 Å². The molecule has 2 saturated carbocycles. The van der Waals surface area contributed by atoms with Crippen LogP contribution < -0.4 is 0 Å². The van der Waals surface area contributed by atoms with Gasteiger partial charge in [-0.25, -0.2) is 4.39 Å². The second-order valence-electron chi connectivity index (χ2n) is 9.54. The van der Waals surface area contributed by atoms with Crippen molar-refractivity contribution in [1.29, 1.82) is 0 Å². The number of halogens is 4. The maximum atomic E-state index is 13.8. The van der Waals surface area contributed by atoms with Crippen molar-refractivity contribution in [3.05, 3.63) is 24.6 Å². The molecular formula is C24H36F4O. The van der Waals surface area contributed by atoms with E-state index in [0.717, 1.165) is 25.9 Å². The summed E-state index contributed by atoms with van der Waals surface area (Å²) in [7, 11) is 0. The summed E-state index contributed by atoms with van der Waals surface area (Å²) < 4.78 is 57.1. The second-order valence-corrected chi connectivity index (χ2v) is 9.54. The van der Waals surface area contributed by atoms with Gasteiger partial charge < -0.3 is 4.74 Å². The summed E-state index contributed by atoms with van der Waals surface area (Å²) in [6, 6.07) is 0. The van der Waals surface area contributed by atoms with Gasteiger partial charge in [-0.15, -0.1) is 6.58 Å². The van der Waals surface area contributed by atoms with Crippen LogP contribution in [0.15, 0.2) is 24.6 Å². The van der Waals surface area contributed by atoms with E-state index < -0.39 is 17.9 Å². The van der Waals surface area contributed by atoms with Gasteiger partial charge >= 0.3 is 6.18 Å². The SMILES string of the molecule is C=CCCC1CCC(C2CCC(C3CCC(C(F)=CC(F)(F)F)CC3)CC2)OC1. The van der Waals surface area contributed by atoms with Crippen molar-refractivity contribution in [2.75, 3.05) is 6.61 Å². The van der Waals surface area contributed by atoms with Crippen molar-refractivity contribution < 1.29 is 22.3 Å². The lowest BCUT2D eigenvalue weighted by Crippen LogP contribution is -2.35. The third-order valence-electron chi connectivity index (χ3n) is 7.66. The molecule has 166 valence electrons. The van der Waals surface area contributed by atoms with E-state index in [9.17, 15) is 17.6 Å². The lowest BCUT2D eigenvalue weighted by molar-refractivity contribution is -0.0822. The molecule has 5 heteroatoms. The molecule has 0 aromatic heterocycles. The number of hydrogen-bond donors (Lipinski definition) is 0. The largest absolute Gasteiger partial charge is 0.412 e. The standard InChI is InChI=1S/C24H36F4O/c1-2-3-4-17-5-14-23(29-16-17)21-12-8-19(9-13-21)18-6-10-20(11-7-18)22(25)15-24(26,27)28/h2,15,17-21,23H,1,3-14,16H2. The fraction of sp³-hybridized carbons (Fsp3) is 0.833. The normalized spacial score (nSPS) is 37.3. The first kappa shape index (κ1) is 22.8. The fourth-order valence-corrected chi connectivity index (χ4v) is 5.91. The van der Waals surface area contributed by atoms with Crippen LogP contribution in [0.2, 0.25) is 0 Å². The zero-order valence-electron chi connectivity index (χ0n) is 17.4. The van der Waals surface area contributed by atoms with Crippen molar-refractivity contribution in [3.8, 4) is 0 Å². The van der Waals surface area contributed by atoms with Gasteiger partial charge in [-0.3, -0.25) is 0 Å². The molecule has 1 saturated heterocycles. The molecule has 2 atom stereocenters. The number of hydrogen-bond acceptors (Lipinski definition) is 1. The van der Waals surface area contributed by atoms with E-state index in [0.29, 0.717) is 42.6 Å². The molecular weight excluding hydrogens is 380 g/mol. The first-order chi connectivity index (χ1) is 13.9. The Labute approximate surface area is 173 Å². The van der Waals surface area contributed by atoms with Gasteiger partial charge in [0.2, 0.25) is 0 Å². The van der Waals surface area contributed by atoms with Crippen molar-refractivity contribution in [1.82, 2.24) is 0 Å². The van der Waals surface area contributed by atoms with Crippen LogP contribution in [0.1, 0.15) is 77.0 Å². The molecule has 3 rings (SSSR count). The van der Waals surface area contributed by atoms with Crippen LogP contribution in [-0.2, 0) is 4.74 Å². The van der Waals surface area contributed by atoms with Crippen LogP contribution in [0.5, 0.6) is 0 Å². The molecule has 29 heavy (non-hydrogen) atoms. The molecule has 2 unspecified atom stereocenters. The van der Waals surface area contributed by atoms with Gasteiger partial charge in [0.05, 0.1) is 12.2 Å². The average Bonchev–Trinajstić information content (AvgIpc) is 2.72. The summed E-state index contributed by atoms with van der Waals surface area (Å²) >= 11 is 0. The zero-order valence-corrected chi connectivity index (χ0v) is 17.4. The maximum Gasteiger partial charge on any atom is 0.412 e. The molecule has 0 N–H and O–H groups in total. The molecule has 0 bridgehead atoms. The van der Waals surface area contributed by atoms with Gasteiger partial charge in [0, 0.05) is 12.5 Å². The molecule has 0 amide bonds. The maximum absolute atomic E-state index is 13.8. The average molecular weight is 417 g/mol. The highest BCUT2D eigenvalue weighted by atomic mass is 19.4. The summed E-state index contributed by atoms with van der Waals surface area (Å²) in [6.07, 6.45) is 10.0. The Morgan fingerprint density at radius 3 is 1.97 bits per heavy atom. The Hall–Kier alpha value is -0.840. The smallest absolute Gasteiger partial charge is 0.378 e. The Balaban J connectivity index is 1.37. The van der Waals surface area contributed by atoms with Crippen molar-refractivity contribution in [3.63, 3.8) is 0 Å². The van der Waals surface area contributed by atoms with Gasteiger partial charge in [0.15, 0.2) is 0 Å². The molecule has 2 aliphatic carbocycles. The summed E-state index contributed by atoms with van der Waals surface area (Å²) in [5, 5.41) is 0. The molecule has 0 aromatic carbocycles. The summed E-state index contributed by atoms with van der Waals surface area (Å²) in [5.74, 6) is 1.05. The van der Waals surface area contributed by atoms with Crippen molar-refractivity contribution >= 4 is 0 Å². The van der Waals surface area contributed by atoms with Crippen LogP contribution in [0.3, 0.4) is 0 Å². The molecule has 3 fully saturated rings. The molecule has 3 aliphatic rings. The van der Waals surface area contributed by atoms with E-state index >= 15 is 0 Å². The lowest BCUT2D eigenvalue weighted by Gasteiger charge is -2.41. The number of rotatable bonds is 6. The highest BCUT2D eigenvalue weighted by Crippen LogP contribution is 2.45. The summed E-state index contributed by atoms with van der Waals surface area (Å²) in [4.78, 5) is 0. The number of alkyl halides is 3. The minimum Gasteiger partial charge on any atom is -0.378 e. The van der Waals surface area contributed by atoms with E-state index in [1.54, 1.807) is 0 Å². The Morgan fingerprint density at radius 2 is 1.45 bits per heavy atom.